The monoisotopic (exact) mass is 176 g/mol. The molecule has 0 aromatic carbocycles. The van der Waals surface area contributed by atoms with Gasteiger partial charge in [-0.25, -0.2) is 0 Å². The third-order valence-corrected chi connectivity index (χ3v) is 1.94. The third-order valence-electron chi connectivity index (χ3n) is 1.11. The van der Waals surface area contributed by atoms with Crippen molar-refractivity contribution in [2.45, 2.75) is 6.54 Å². The minimum absolute atomic E-state index is 0.319. The van der Waals surface area contributed by atoms with Crippen molar-refractivity contribution in [2.24, 2.45) is 5.73 Å². The van der Waals surface area contributed by atoms with Crippen molar-refractivity contribution in [2.75, 3.05) is 0 Å². The first-order valence-corrected chi connectivity index (χ1v) is 3.50. The van der Waals surface area contributed by atoms with E-state index in [-0.39, 0.29) is 0 Å². The van der Waals surface area contributed by atoms with Crippen LogP contribution in [0.15, 0.2) is 12.3 Å². The van der Waals surface area contributed by atoms with Crippen molar-refractivity contribution in [1.82, 2.24) is 4.98 Å². The highest BCUT2D eigenvalue weighted by atomic mass is 35.5. The number of aromatic nitrogens is 1. The second-order valence-electron chi connectivity index (χ2n) is 1.76. The molecule has 1 aromatic heterocycles. The zero-order valence-corrected chi connectivity index (χ0v) is 6.65. The molecule has 0 unspecified atom stereocenters. The van der Waals surface area contributed by atoms with Crippen LogP contribution in [0.3, 0.4) is 0 Å². The lowest BCUT2D eigenvalue weighted by Gasteiger charge is -1.99. The minimum Gasteiger partial charge on any atom is -0.325 e. The van der Waals surface area contributed by atoms with Gasteiger partial charge in [-0.2, -0.15) is 0 Å². The molecule has 0 aliphatic heterocycles. The summed E-state index contributed by atoms with van der Waals surface area (Å²) in [4.78, 5) is 3.92. The summed E-state index contributed by atoms with van der Waals surface area (Å²) in [5.74, 6) is 0. The van der Waals surface area contributed by atoms with Gasteiger partial charge in [-0.3, -0.25) is 4.98 Å². The Balaban J connectivity index is 3.14. The highest BCUT2D eigenvalue weighted by Gasteiger charge is 2.01. The lowest BCUT2D eigenvalue weighted by atomic mass is 10.3. The maximum absolute atomic E-state index is 5.72. The summed E-state index contributed by atoms with van der Waals surface area (Å²) < 4.78 is 0. The Kier molecular flexibility index (Phi) is 2.49. The quantitative estimate of drug-likeness (QED) is 0.710. The van der Waals surface area contributed by atoms with E-state index < -0.39 is 0 Å². The molecular weight excluding hydrogens is 171 g/mol. The average Bonchev–Trinajstić information content (AvgIpc) is 1.95. The topological polar surface area (TPSA) is 38.9 Å². The Hall–Kier alpha value is -0.310. The van der Waals surface area contributed by atoms with Crippen LogP contribution in [0.2, 0.25) is 10.0 Å². The average molecular weight is 177 g/mol. The summed E-state index contributed by atoms with van der Waals surface area (Å²) in [6.07, 6.45) is 1.58. The SMILES string of the molecule is NCc1nccc(Cl)c1Cl. The zero-order valence-electron chi connectivity index (χ0n) is 5.14. The molecule has 0 aliphatic carbocycles. The van der Waals surface area contributed by atoms with Crippen LogP contribution < -0.4 is 5.73 Å². The number of hydrogen-bond acceptors (Lipinski definition) is 2. The predicted octanol–water partition coefficient (Wildman–Crippen LogP) is 1.85. The zero-order chi connectivity index (χ0) is 7.56. The van der Waals surface area contributed by atoms with Gasteiger partial charge in [-0.05, 0) is 6.07 Å². The standard InChI is InChI=1S/C6H6Cl2N2/c7-4-1-2-10-5(3-9)6(4)8/h1-2H,3,9H2. The molecule has 0 fully saturated rings. The highest BCUT2D eigenvalue weighted by molar-refractivity contribution is 6.42. The Labute approximate surface area is 69.0 Å². The molecule has 1 heterocycles. The fraction of sp³-hybridized carbons (Fsp3) is 0.167. The summed E-state index contributed by atoms with van der Waals surface area (Å²) >= 11 is 11.4. The van der Waals surface area contributed by atoms with E-state index in [0.29, 0.717) is 22.3 Å². The number of halogens is 2. The summed E-state index contributed by atoms with van der Waals surface area (Å²) in [5.41, 5.74) is 5.95. The largest absolute Gasteiger partial charge is 0.325 e. The molecule has 0 aliphatic rings. The summed E-state index contributed by atoms with van der Waals surface area (Å²) in [7, 11) is 0. The normalized spacial score (nSPS) is 9.90. The molecule has 4 heteroatoms. The predicted molar refractivity (Wildman–Crippen MR) is 42.1 cm³/mol. The van der Waals surface area contributed by atoms with Crippen LogP contribution in [0, 0.1) is 0 Å². The van der Waals surface area contributed by atoms with Crippen molar-refractivity contribution in [3.63, 3.8) is 0 Å². The van der Waals surface area contributed by atoms with E-state index in [9.17, 15) is 0 Å². The number of hydrogen-bond donors (Lipinski definition) is 1. The van der Waals surface area contributed by atoms with Crippen LogP contribution in [0.25, 0.3) is 0 Å². The van der Waals surface area contributed by atoms with E-state index in [0.717, 1.165) is 0 Å². The molecule has 0 bridgehead atoms. The van der Waals surface area contributed by atoms with Crippen molar-refractivity contribution < 1.29 is 0 Å². The lowest BCUT2D eigenvalue weighted by molar-refractivity contribution is 0.991. The molecule has 0 saturated carbocycles. The number of pyridine rings is 1. The fourth-order valence-electron chi connectivity index (χ4n) is 0.603. The van der Waals surface area contributed by atoms with Crippen molar-refractivity contribution in [1.29, 1.82) is 0 Å². The van der Waals surface area contributed by atoms with Crippen LogP contribution >= 0.6 is 23.2 Å². The number of nitrogens with two attached hydrogens (primary N) is 1. The molecule has 0 amide bonds. The molecule has 0 saturated heterocycles. The van der Waals surface area contributed by atoms with Crippen molar-refractivity contribution >= 4 is 23.2 Å². The Morgan fingerprint density at radius 1 is 1.50 bits per heavy atom. The number of rotatable bonds is 1. The second kappa shape index (κ2) is 3.19. The Morgan fingerprint density at radius 3 is 2.70 bits per heavy atom. The minimum atomic E-state index is 0.319. The molecule has 0 atom stereocenters. The molecule has 1 aromatic rings. The van der Waals surface area contributed by atoms with Crippen LogP contribution in [0.5, 0.6) is 0 Å². The van der Waals surface area contributed by atoms with Gasteiger partial charge in [0, 0.05) is 12.7 Å². The van der Waals surface area contributed by atoms with Crippen LogP contribution in [-0.4, -0.2) is 4.98 Å². The van der Waals surface area contributed by atoms with Gasteiger partial charge in [0.1, 0.15) is 0 Å². The van der Waals surface area contributed by atoms with E-state index in [4.69, 9.17) is 28.9 Å². The van der Waals surface area contributed by atoms with Gasteiger partial charge in [0.05, 0.1) is 15.7 Å². The fourth-order valence-corrected chi connectivity index (χ4v) is 0.957. The number of nitrogens with zero attached hydrogens (tertiary/aromatic N) is 1. The van der Waals surface area contributed by atoms with Gasteiger partial charge in [-0.1, -0.05) is 23.2 Å². The molecule has 1 rings (SSSR count). The van der Waals surface area contributed by atoms with E-state index in [1.165, 1.54) is 0 Å². The Bertz CT molecular complexity index is 237. The van der Waals surface area contributed by atoms with Gasteiger partial charge in [0.15, 0.2) is 0 Å². The molecule has 2 nitrogen and oxygen atoms in total. The van der Waals surface area contributed by atoms with Gasteiger partial charge >= 0.3 is 0 Å². The van der Waals surface area contributed by atoms with E-state index >= 15 is 0 Å². The van der Waals surface area contributed by atoms with Crippen LogP contribution in [0.4, 0.5) is 0 Å². The smallest absolute Gasteiger partial charge is 0.0820 e. The molecule has 0 spiro atoms. The lowest BCUT2D eigenvalue weighted by Crippen LogP contribution is -1.99. The van der Waals surface area contributed by atoms with Crippen LogP contribution in [0.1, 0.15) is 5.69 Å². The molecule has 10 heavy (non-hydrogen) atoms. The third kappa shape index (κ3) is 1.40. The maximum Gasteiger partial charge on any atom is 0.0820 e. The molecule has 0 radical (unpaired) electrons. The summed E-state index contributed by atoms with van der Waals surface area (Å²) in [6, 6.07) is 1.63. The first kappa shape index (κ1) is 7.79. The van der Waals surface area contributed by atoms with Crippen molar-refractivity contribution in [3.05, 3.63) is 28.0 Å². The van der Waals surface area contributed by atoms with Crippen LogP contribution in [-0.2, 0) is 6.54 Å². The van der Waals surface area contributed by atoms with Gasteiger partial charge in [0.25, 0.3) is 0 Å². The van der Waals surface area contributed by atoms with Crippen molar-refractivity contribution in [3.8, 4) is 0 Å². The van der Waals surface area contributed by atoms with E-state index in [1.54, 1.807) is 12.3 Å². The van der Waals surface area contributed by atoms with Gasteiger partial charge in [0.2, 0.25) is 0 Å². The molecule has 2 N–H and O–H groups in total. The summed E-state index contributed by atoms with van der Waals surface area (Å²) in [6.45, 7) is 0.319. The first-order chi connectivity index (χ1) is 4.75. The Morgan fingerprint density at radius 2 is 2.20 bits per heavy atom. The van der Waals surface area contributed by atoms with E-state index in [2.05, 4.69) is 4.98 Å². The maximum atomic E-state index is 5.72. The first-order valence-electron chi connectivity index (χ1n) is 2.74. The molecular formula is C6H6Cl2N2. The van der Waals surface area contributed by atoms with Gasteiger partial charge in [-0.15, -0.1) is 0 Å². The highest BCUT2D eigenvalue weighted by Crippen LogP contribution is 2.22. The summed E-state index contributed by atoms with van der Waals surface area (Å²) in [5, 5.41) is 0.948. The second-order valence-corrected chi connectivity index (χ2v) is 2.54. The molecule has 54 valence electrons. The van der Waals surface area contributed by atoms with E-state index in [1.807, 2.05) is 0 Å². The van der Waals surface area contributed by atoms with Gasteiger partial charge < -0.3 is 5.73 Å².